The van der Waals surface area contributed by atoms with Gasteiger partial charge in [0.2, 0.25) is 21.1 Å². The van der Waals surface area contributed by atoms with E-state index in [1.165, 1.54) is 43.1 Å². The summed E-state index contributed by atoms with van der Waals surface area (Å²) in [5, 5.41) is 0. The van der Waals surface area contributed by atoms with Crippen LogP contribution in [0.4, 0.5) is 0 Å². The number of fused-ring (bicyclic) bond motifs is 3. The maximum absolute atomic E-state index is 5.36. The first-order chi connectivity index (χ1) is 13.8. The maximum Gasteiger partial charge on any atom is 0.242 e. The Kier molecular flexibility index (Phi) is 4.42. The summed E-state index contributed by atoms with van der Waals surface area (Å²) in [7, 11) is 1.71. The summed E-state index contributed by atoms with van der Waals surface area (Å²) in [6.45, 7) is 0. The summed E-state index contributed by atoms with van der Waals surface area (Å²) in [6.07, 6.45) is 2.18. The van der Waals surface area contributed by atoms with E-state index in [0.29, 0.717) is 0 Å². The summed E-state index contributed by atoms with van der Waals surface area (Å²) in [5.74, 6) is 0.894. The van der Waals surface area contributed by atoms with Crippen molar-refractivity contribution in [3.05, 3.63) is 96.1 Å². The van der Waals surface area contributed by atoms with Gasteiger partial charge in [-0.1, -0.05) is 48.5 Å². The van der Waals surface area contributed by atoms with Gasteiger partial charge in [-0.25, -0.2) is 0 Å². The second-order valence-corrected chi connectivity index (χ2v) is 8.14. The first-order valence-electron chi connectivity index (χ1n) is 9.61. The van der Waals surface area contributed by atoms with Crippen molar-refractivity contribution in [2.45, 2.75) is 12.8 Å². The molecule has 3 aromatic carbocycles. The molecule has 4 aromatic rings. The lowest BCUT2D eigenvalue weighted by molar-refractivity contribution is 0.415. The quantitative estimate of drug-likeness (QED) is 0.343. The smallest absolute Gasteiger partial charge is 0.242 e. The Balaban J connectivity index is 1.76. The van der Waals surface area contributed by atoms with Gasteiger partial charge in [0.25, 0.3) is 0 Å². The predicted octanol–water partition coefficient (Wildman–Crippen LogP) is 7.14. The van der Waals surface area contributed by atoms with Crippen molar-refractivity contribution in [3.63, 3.8) is 0 Å². The van der Waals surface area contributed by atoms with Gasteiger partial charge < -0.3 is 4.74 Å². The van der Waals surface area contributed by atoms with E-state index in [0.717, 1.165) is 18.6 Å². The molecule has 136 valence electrons. The van der Waals surface area contributed by atoms with Gasteiger partial charge in [0.05, 0.1) is 7.11 Å². The van der Waals surface area contributed by atoms with Gasteiger partial charge in [0.1, 0.15) is 5.75 Å². The van der Waals surface area contributed by atoms with E-state index in [4.69, 9.17) is 4.74 Å². The molecule has 5 rings (SSSR count). The molecule has 0 saturated carbocycles. The van der Waals surface area contributed by atoms with Gasteiger partial charge >= 0.3 is 0 Å². The molecule has 0 radical (unpaired) electrons. The van der Waals surface area contributed by atoms with E-state index in [-0.39, 0.29) is 0 Å². The van der Waals surface area contributed by atoms with Crippen LogP contribution in [-0.4, -0.2) is 7.11 Å². The molecule has 1 aliphatic rings. The lowest BCUT2D eigenvalue weighted by Crippen LogP contribution is -2.05. The van der Waals surface area contributed by atoms with Gasteiger partial charge in [-0.3, -0.25) is 0 Å². The molecule has 0 atom stereocenters. The molecule has 28 heavy (non-hydrogen) atoms. The fourth-order valence-corrected chi connectivity index (χ4v) is 5.29. The highest BCUT2D eigenvalue weighted by atomic mass is 32.1. The van der Waals surface area contributed by atoms with Crippen LogP contribution in [0.25, 0.3) is 32.0 Å². The standard InChI is InChI=1S/C26H21OS/c1-27-21-14-11-19(12-15-21)24-17-25(20-8-3-2-4-9-20)28-26-22-10-6-5-7-18(22)13-16-23(24)26/h2-12,14-15,17H,13,16H2,1H3/q+1. The molecule has 0 spiro atoms. The highest BCUT2D eigenvalue weighted by Crippen LogP contribution is 2.45. The number of ether oxygens (including phenoxy) is 1. The third-order valence-corrected chi connectivity index (χ3v) is 6.70. The van der Waals surface area contributed by atoms with Crippen molar-refractivity contribution < 1.29 is 4.74 Å². The van der Waals surface area contributed by atoms with Crippen molar-refractivity contribution in [2.75, 3.05) is 7.11 Å². The molecule has 2 heteroatoms. The second-order valence-electron chi connectivity index (χ2n) is 7.08. The summed E-state index contributed by atoms with van der Waals surface area (Å²) in [6, 6.07) is 30.4. The molecule has 0 aliphatic heterocycles. The number of methoxy groups -OCH3 is 1. The van der Waals surface area contributed by atoms with Crippen molar-refractivity contribution >= 4 is 11.3 Å². The summed E-state index contributed by atoms with van der Waals surface area (Å²) >= 11 is 1.91. The van der Waals surface area contributed by atoms with Gasteiger partial charge in [-0.15, -0.1) is 0 Å². The lowest BCUT2D eigenvalue weighted by Gasteiger charge is -2.17. The predicted molar refractivity (Wildman–Crippen MR) is 119 cm³/mol. The van der Waals surface area contributed by atoms with Crippen LogP contribution in [0.3, 0.4) is 0 Å². The highest BCUT2D eigenvalue weighted by Gasteiger charge is 2.29. The fourth-order valence-electron chi connectivity index (χ4n) is 4.00. The van der Waals surface area contributed by atoms with E-state index >= 15 is 0 Å². The van der Waals surface area contributed by atoms with E-state index < -0.39 is 0 Å². The monoisotopic (exact) mass is 381 g/mol. The molecule has 0 unspecified atom stereocenters. The van der Waals surface area contributed by atoms with Crippen LogP contribution in [0.2, 0.25) is 0 Å². The van der Waals surface area contributed by atoms with Crippen LogP contribution < -0.4 is 4.74 Å². The van der Waals surface area contributed by atoms with Crippen molar-refractivity contribution in [1.82, 2.24) is 0 Å². The number of aryl methyl sites for hydroxylation is 1. The van der Waals surface area contributed by atoms with Gasteiger partial charge in [0.15, 0.2) is 0 Å². The van der Waals surface area contributed by atoms with Crippen LogP contribution in [-0.2, 0) is 12.8 Å². The molecule has 1 heterocycles. The first kappa shape index (κ1) is 17.2. The molecular formula is C26H21OS+. The molecule has 0 amide bonds. The molecule has 1 nitrogen and oxygen atoms in total. The average Bonchev–Trinajstić information content (AvgIpc) is 2.79. The fraction of sp³-hybridized carbons (Fsp3) is 0.115. The normalized spacial score (nSPS) is 12.2. The third-order valence-electron chi connectivity index (χ3n) is 5.45. The average molecular weight is 382 g/mol. The summed E-state index contributed by atoms with van der Waals surface area (Å²) < 4.78 is 5.36. The minimum absolute atomic E-state index is 0.894. The van der Waals surface area contributed by atoms with Gasteiger partial charge in [-0.2, -0.15) is 0 Å². The van der Waals surface area contributed by atoms with Crippen LogP contribution in [0.5, 0.6) is 5.75 Å². The zero-order valence-corrected chi connectivity index (χ0v) is 16.6. The molecule has 0 bridgehead atoms. The van der Waals surface area contributed by atoms with E-state index in [2.05, 4.69) is 84.9 Å². The zero-order valence-electron chi connectivity index (χ0n) is 15.8. The molecule has 0 fully saturated rings. The number of benzene rings is 3. The molecule has 0 N–H and O–H groups in total. The Morgan fingerprint density at radius 1 is 0.714 bits per heavy atom. The van der Waals surface area contributed by atoms with Gasteiger partial charge in [-0.05, 0) is 59.9 Å². The largest absolute Gasteiger partial charge is 0.497 e. The van der Waals surface area contributed by atoms with E-state index in [9.17, 15) is 0 Å². The highest BCUT2D eigenvalue weighted by molar-refractivity contribution is 7.18. The summed E-state index contributed by atoms with van der Waals surface area (Å²) in [5.41, 5.74) is 8.17. The molecular weight excluding hydrogens is 360 g/mol. The van der Waals surface area contributed by atoms with Gasteiger partial charge in [0, 0.05) is 22.8 Å². The SMILES string of the molecule is COc1ccc(-c2cc(-c3ccccc3)[s+]c3c2CCc2ccccc2-3)cc1. The third kappa shape index (κ3) is 3.00. The van der Waals surface area contributed by atoms with E-state index in [1.807, 2.05) is 11.3 Å². The van der Waals surface area contributed by atoms with Crippen LogP contribution in [0, 0.1) is 0 Å². The zero-order chi connectivity index (χ0) is 18.9. The van der Waals surface area contributed by atoms with Crippen LogP contribution >= 0.6 is 11.3 Å². The number of rotatable bonds is 3. The molecule has 0 saturated heterocycles. The number of hydrogen-bond donors (Lipinski definition) is 0. The maximum atomic E-state index is 5.36. The Bertz CT molecular complexity index is 1130. The minimum atomic E-state index is 0.894. The second kappa shape index (κ2) is 7.21. The summed E-state index contributed by atoms with van der Waals surface area (Å²) in [4.78, 5) is 2.72. The topological polar surface area (TPSA) is 9.23 Å². The number of hydrogen-bond acceptors (Lipinski definition) is 1. The first-order valence-corrected chi connectivity index (χ1v) is 10.4. The Morgan fingerprint density at radius 2 is 1.46 bits per heavy atom. The van der Waals surface area contributed by atoms with Crippen LogP contribution in [0.1, 0.15) is 11.1 Å². The molecule has 1 aliphatic carbocycles. The van der Waals surface area contributed by atoms with Crippen LogP contribution in [0.15, 0.2) is 84.9 Å². The Labute approximate surface area is 169 Å². The van der Waals surface area contributed by atoms with Crippen molar-refractivity contribution in [3.8, 4) is 37.8 Å². The van der Waals surface area contributed by atoms with Crippen molar-refractivity contribution in [2.24, 2.45) is 0 Å². The van der Waals surface area contributed by atoms with Crippen molar-refractivity contribution in [1.29, 1.82) is 0 Å². The Hall–Kier alpha value is -2.97. The minimum Gasteiger partial charge on any atom is -0.497 e. The Morgan fingerprint density at radius 3 is 2.25 bits per heavy atom. The van der Waals surface area contributed by atoms with E-state index in [1.54, 1.807) is 7.11 Å². The lowest BCUT2D eigenvalue weighted by atomic mass is 9.87. The molecule has 1 aromatic heterocycles.